The fourth-order valence-electron chi connectivity index (χ4n) is 8.36. The predicted molar refractivity (Wildman–Crippen MR) is 250 cm³/mol. The van der Waals surface area contributed by atoms with E-state index in [4.69, 9.17) is 8.83 Å². The van der Waals surface area contributed by atoms with Crippen LogP contribution in [0.25, 0.3) is 89.0 Å². The molecular formula is C50H20F18I2N2O2. The topological polar surface area (TPSA) is 52.1 Å². The molecule has 0 aliphatic carbocycles. The third-order valence-electron chi connectivity index (χ3n) is 11.5. The van der Waals surface area contributed by atoms with Gasteiger partial charge in [0.05, 0.1) is 44.5 Å². The number of benzene rings is 7. The molecule has 0 saturated carbocycles. The highest BCUT2D eigenvalue weighted by atomic mass is 127. The van der Waals surface area contributed by atoms with Crippen LogP contribution in [-0.4, -0.2) is 9.97 Å². The molecule has 0 aliphatic rings. The average Bonchev–Trinajstić information content (AvgIpc) is 3.89. The molecule has 382 valence electrons. The highest BCUT2D eigenvalue weighted by Gasteiger charge is 2.40. The first kappa shape index (κ1) is 52.5. The Bertz CT molecular complexity index is 3330. The minimum Gasteiger partial charge on any atom is -0.431 e. The van der Waals surface area contributed by atoms with E-state index >= 15 is 0 Å². The smallest absolute Gasteiger partial charge is 0.416 e. The first-order valence-corrected chi connectivity index (χ1v) is 22.7. The Hall–Kier alpha value is -6.32. The molecule has 0 atom stereocenters. The Kier molecular flexibility index (Phi) is 12.9. The van der Waals surface area contributed by atoms with E-state index in [1.165, 1.54) is 48.5 Å². The molecule has 0 radical (unpaired) electrons. The van der Waals surface area contributed by atoms with Crippen LogP contribution in [0.3, 0.4) is 0 Å². The van der Waals surface area contributed by atoms with Crippen molar-refractivity contribution >= 4 is 67.4 Å². The number of oxazole rings is 2. The molecule has 2 aromatic heterocycles. The standard InChI is InChI=1S/C50H20F18I2N2O2/c51-45(52,53)27-11-21(23-13-29(47(57,58)59)19-30(14-23)48(60,61)62)9-25(17-27)33-5-1-3-7-35(33)37-39-42(74-43(69)71-39)38(40-41(37)73-44(70)72-40)36-8-4-2-6-34(36)26-10-22(12-28(18-26)46(54,55)56)24-15-31(49(63,64)65)20-32(16-24)50(66,67)68/h1-20H. The Labute approximate surface area is 429 Å². The van der Waals surface area contributed by atoms with E-state index in [2.05, 4.69) is 9.97 Å². The lowest BCUT2D eigenvalue weighted by molar-refractivity contribution is -0.144. The van der Waals surface area contributed by atoms with Crippen molar-refractivity contribution in [1.29, 1.82) is 0 Å². The molecule has 0 spiro atoms. The molecule has 24 heteroatoms. The van der Waals surface area contributed by atoms with Crippen molar-refractivity contribution < 1.29 is 87.9 Å². The van der Waals surface area contributed by atoms with Gasteiger partial charge in [-0.3, -0.25) is 0 Å². The van der Waals surface area contributed by atoms with Gasteiger partial charge in [-0.25, -0.2) is 9.97 Å². The van der Waals surface area contributed by atoms with E-state index in [-0.39, 0.29) is 111 Å². The molecule has 4 nitrogen and oxygen atoms in total. The van der Waals surface area contributed by atoms with Crippen molar-refractivity contribution in [1.82, 2.24) is 9.97 Å². The second kappa shape index (κ2) is 18.2. The summed E-state index contributed by atoms with van der Waals surface area (Å²) in [6, 6.07) is 15.5. The number of hydrogen-bond donors (Lipinski definition) is 0. The number of rotatable bonds is 6. The Morgan fingerprint density at radius 2 is 0.527 bits per heavy atom. The van der Waals surface area contributed by atoms with Gasteiger partial charge in [0.2, 0.25) is 0 Å². The highest BCUT2D eigenvalue weighted by Crippen LogP contribution is 2.51. The van der Waals surface area contributed by atoms with E-state index in [9.17, 15) is 79.0 Å². The molecule has 0 amide bonds. The first-order valence-electron chi connectivity index (χ1n) is 20.6. The second-order valence-corrected chi connectivity index (χ2v) is 18.2. The zero-order chi connectivity index (χ0) is 53.8. The van der Waals surface area contributed by atoms with Crippen LogP contribution in [-0.2, 0) is 37.1 Å². The van der Waals surface area contributed by atoms with Gasteiger partial charge >= 0.3 is 37.1 Å². The summed E-state index contributed by atoms with van der Waals surface area (Å²) in [5.74, 6) is 0. The van der Waals surface area contributed by atoms with Crippen LogP contribution >= 0.6 is 45.2 Å². The normalized spacial score (nSPS) is 13.1. The number of halogens is 20. The van der Waals surface area contributed by atoms with Crippen molar-refractivity contribution in [3.8, 4) is 66.8 Å². The summed E-state index contributed by atoms with van der Waals surface area (Å²) in [4.78, 5) is 9.04. The van der Waals surface area contributed by atoms with Gasteiger partial charge < -0.3 is 8.83 Å². The van der Waals surface area contributed by atoms with Crippen molar-refractivity contribution in [2.75, 3.05) is 0 Å². The zero-order valence-electron chi connectivity index (χ0n) is 35.8. The van der Waals surface area contributed by atoms with E-state index < -0.39 is 92.7 Å². The maximum absolute atomic E-state index is 14.7. The molecular weight excluding hydrogens is 1260 g/mol. The largest absolute Gasteiger partial charge is 0.431 e. The fourth-order valence-corrected chi connectivity index (χ4v) is 9.28. The third-order valence-corrected chi connectivity index (χ3v) is 12.4. The van der Waals surface area contributed by atoms with Gasteiger partial charge in [0.25, 0.3) is 7.79 Å². The fraction of sp³-hybridized carbons (Fsp3) is 0.120. The third kappa shape index (κ3) is 10.3. The zero-order valence-corrected chi connectivity index (χ0v) is 40.1. The molecule has 74 heavy (non-hydrogen) atoms. The van der Waals surface area contributed by atoms with Crippen LogP contribution in [0.2, 0.25) is 0 Å². The Morgan fingerprint density at radius 1 is 0.297 bits per heavy atom. The first-order chi connectivity index (χ1) is 34.3. The van der Waals surface area contributed by atoms with Gasteiger partial charge in [-0.1, -0.05) is 48.5 Å². The van der Waals surface area contributed by atoms with Crippen LogP contribution in [0.15, 0.2) is 130 Å². The summed E-state index contributed by atoms with van der Waals surface area (Å²) in [6.07, 6.45) is -31.8. The lowest BCUT2D eigenvalue weighted by Gasteiger charge is -2.19. The van der Waals surface area contributed by atoms with E-state index in [0.29, 0.717) is 24.3 Å². The molecule has 7 aromatic carbocycles. The Balaban J connectivity index is 1.29. The van der Waals surface area contributed by atoms with Crippen LogP contribution in [0.1, 0.15) is 33.4 Å². The van der Waals surface area contributed by atoms with Gasteiger partial charge in [0.1, 0.15) is 11.0 Å². The van der Waals surface area contributed by atoms with Crippen LogP contribution < -0.4 is 0 Å². The minimum absolute atomic E-state index is 0.00767. The van der Waals surface area contributed by atoms with Crippen LogP contribution in [0.4, 0.5) is 79.0 Å². The highest BCUT2D eigenvalue weighted by molar-refractivity contribution is 14.1. The molecule has 0 unspecified atom stereocenters. The van der Waals surface area contributed by atoms with Crippen LogP contribution in [0, 0.1) is 7.79 Å². The maximum atomic E-state index is 14.7. The monoisotopic (exact) mass is 1280 g/mol. The summed E-state index contributed by atoms with van der Waals surface area (Å²) in [5, 5.41) is 0. The van der Waals surface area contributed by atoms with Crippen molar-refractivity contribution in [3.05, 3.63) is 163 Å². The van der Waals surface area contributed by atoms with E-state index in [0.717, 1.165) is 12.1 Å². The predicted octanol–water partition coefficient (Wildman–Crippen LogP) is 19.3. The number of fused-ring (bicyclic) bond motifs is 2. The minimum atomic E-state index is -5.35. The second-order valence-electron chi connectivity index (χ2n) is 16.3. The molecule has 9 aromatic rings. The number of aromatic nitrogens is 2. The Morgan fingerprint density at radius 3 is 0.797 bits per heavy atom. The summed E-state index contributed by atoms with van der Waals surface area (Å²) < 4.78 is 268. The quantitative estimate of drug-likeness (QED) is 0.123. The van der Waals surface area contributed by atoms with Gasteiger partial charge in [0.15, 0.2) is 11.2 Å². The number of alkyl halides is 18. The van der Waals surface area contributed by atoms with Gasteiger partial charge in [-0.15, -0.1) is 0 Å². The maximum Gasteiger partial charge on any atom is 0.416 e. The molecule has 2 heterocycles. The van der Waals surface area contributed by atoms with Crippen molar-refractivity contribution in [2.45, 2.75) is 37.1 Å². The number of nitrogens with zero attached hydrogens (tertiary/aromatic N) is 2. The average molecular weight is 1280 g/mol. The lowest BCUT2D eigenvalue weighted by atomic mass is 9.87. The molecule has 0 N–H and O–H groups in total. The SMILES string of the molecule is FC(F)(F)c1cc(-c2cc(C(F)(F)F)cc(C(F)(F)F)c2)cc(-c2ccccc2-c2c3nc(I)oc3c(-c3ccccc3-c3cc(-c4cc(C(F)(F)F)cc(C(F)(F)F)c4)cc(C(F)(F)F)c3)c3nc(I)oc23)c1. The summed E-state index contributed by atoms with van der Waals surface area (Å²) >= 11 is 3.31. The molecule has 0 bridgehead atoms. The van der Waals surface area contributed by atoms with Crippen LogP contribution in [0.5, 0.6) is 0 Å². The lowest BCUT2D eigenvalue weighted by Crippen LogP contribution is -2.11. The van der Waals surface area contributed by atoms with Gasteiger partial charge in [-0.05, 0) is 128 Å². The van der Waals surface area contributed by atoms with Gasteiger partial charge in [0, 0.05) is 45.2 Å². The van der Waals surface area contributed by atoms with E-state index in [1.807, 2.05) is 0 Å². The van der Waals surface area contributed by atoms with E-state index in [1.54, 1.807) is 45.2 Å². The molecule has 0 fully saturated rings. The van der Waals surface area contributed by atoms with Crippen molar-refractivity contribution in [2.24, 2.45) is 0 Å². The molecule has 9 rings (SSSR count). The summed E-state index contributed by atoms with van der Waals surface area (Å²) in [6.45, 7) is 0. The van der Waals surface area contributed by atoms with Gasteiger partial charge in [-0.2, -0.15) is 79.0 Å². The van der Waals surface area contributed by atoms with Crippen molar-refractivity contribution in [3.63, 3.8) is 0 Å². The number of hydrogen-bond acceptors (Lipinski definition) is 4. The molecule has 0 saturated heterocycles. The summed E-state index contributed by atoms with van der Waals surface area (Å²) in [7, 11) is 0. The summed E-state index contributed by atoms with van der Waals surface area (Å²) in [5.41, 5.74) is -14.9. The molecule has 0 aliphatic heterocycles.